The first-order valence-electron chi connectivity index (χ1n) is 7.74. The van der Waals surface area contributed by atoms with E-state index in [9.17, 15) is 0 Å². The van der Waals surface area contributed by atoms with Crippen LogP contribution in [0.25, 0.3) is 0 Å². The highest BCUT2D eigenvalue weighted by molar-refractivity contribution is 5.81. The van der Waals surface area contributed by atoms with Crippen LogP contribution in [0.15, 0.2) is 23.2 Å². The average molecular weight is 289 g/mol. The number of nitrogens with zero attached hydrogens (tertiary/aromatic N) is 1. The van der Waals surface area contributed by atoms with Crippen molar-refractivity contribution in [3.05, 3.63) is 23.8 Å². The van der Waals surface area contributed by atoms with Gasteiger partial charge in [0.1, 0.15) is 19.6 Å². The maximum absolute atomic E-state index is 5.44. The Balaban J connectivity index is 1.41. The predicted molar refractivity (Wildman–Crippen MR) is 75.0 cm³/mol. The molecular weight excluding hydrogens is 268 g/mol. The van der Waals surface area contributed by atoms with E-state index in [1.165, 1.54) is 39.6 Å². The molecule has 4 bridgehead atoms. The summed E-state index contributed by atoms with van der Waals surface area (Å²) < 4.78 is 10.8. The molecule has 0 aliphatic carbocycles. The van der Waals surface area contributed by atoms with Crippen LogP contribution in [0.5, 0.6) is 11.5 Å². The Labute approximate surface area is 123 Å². The van der Waals surface area contributed by atoms with Crippen LogP contribution < -0.4 is 24.2 Å². The van der Waals surface area contributed by atoms with E-state index in [1.807, 2.05) is 18.3 Å². The summed E-state index contributed by atoms with van der Waals surface area (Å²) >= 11 is 0. The third-order valence-electron chi connectivity index (χ3n) is 5.12. The smallest absolute Gasteiger partial charge is 0.231 e. The number of quaternary nitrogens is 3. The number of hydrogen-bond donors (Lipinski definition) is 3. The molecule has 1 aromatic rings. The van der Waals surface area contributed by atoms with E-state index in [4.69, 9.17) is 14.5 Å². The number of ether oxygens (including phenoxy) is 2. The predicted octanol–water partition coefficient (Wildman–Crippen LogP) is -3.86. The van der Waals surface area contributed by atoms with Crippen molar-refractivity contribution in [3.8, 4) is 11.5 Å². The lowest BCUT2D eigenvalue weighted by molar-refractivity contribution is -1.29. The standard InChI is InChI=1S/C15H18N4O2/c1-2-13-14(21-11-20-13)3-12(1)4-16-15-5-17-8-18(6-15)10-19(7-15)9-17/h1-4H,5-11H2/p+3. The number of rotatable bonds is 2. The van der Waals surface area contributed by atoms with E-state index in [0.717, 1.165) is 17.1 Å². The first-order chi connectivity index (χ1) is 10.3. The molecule has 0 spiro atoms. The minimum atomic E-state index is 0.144. The zero-order chi connectivity index (χ0) is 13.9. The molecule has 6 rings (SSSR count). The molecule has 1 aromatic carbocycles. The van der Waals surface area contributed by atoms with E-state index >= 15 is 0 Å². The Morgan fingerprint density at radius 1 is 0.952 bits per heavy atom. The molecular formula is C15H21N4O2+3. The van der Waals surface area contributed by atoms with Gasteiger partial charge in [0.05, 0.1) is 0 Å². The summed E-state index contributed by atoms with van der Waals surface area (Å²) in [7, 11) is 0. The summed E-state index contributed by atoms with van der Waals surface area (Å²) in [6.07, 6.45) is 2.04. The summed E-state index contributed by atoms with van der Waals surface area (Å²) in [5, 5.41) is 0. The van der Waals surface area contributed by atoms with Crippen LogP contribution in [0, 0.1) is 0 Å². The first-order valence-corrected chi connectivity index (χ1v) is 7.74. The van der Waals surface area contributed by atoms with E-state index in [1.54, 1.807) is 14.7 Å². The molecule has 0 atom stereocenters. The Bertz CT molecular complexity index is 580. The molecule has 5 aliphatic heterocycles. The zero-order valence-electron chi connectivity index (χ0n) is 12.0. The zero-order valence-corrected chi connectivity index (χ0v) is 12.0. The van der Waals surface area contributed by atoms with Crippen LogP contribution in [0.3, 0.4) is 0 Å². The molecule has 6 heteroatoms. The summed E-state index contributed by atoms with van der Waals surface area (Å²) in [5.41, 5.74) is 1.25. The van der Waals surface area contributed by atoms with Crippen molar-refractivity contribution in [3.63, 3.8) is 0 Å². The van der Waals surface area contributed by atoms with Crippen molar-refractivity contribution in [2.75, 3.05) is 46.4 Å². The van der Waals surface area contributed by atoms with E-state index < -0.39 is 0 Å². The largest absolute Gasteiger partial charge is 0.454 e. The van der Waals surface area contributed by atoms with Gasteiger partial charge >= 0.3 is 0 Å². The Morgan fingerprint density at radius 3 is 2.33 bits per heavy atom. The molecule has 0 aromatic heterocycles. The lowest BCUT2D eigenvalue weighted by Gasteiger charge is -2.50. The molecule has 0 saturated carbocycles. The SMILES string of the molecule is C(=NC12C[NH+]3C[NH+](C[NH+](C3)C1)C2)c1ccc2c(c1)OCO2. The second kappa shape index (κ2) is 4.19. The van der Waals surface area contributed by atoms with Crippen molar-refractivity contribution in [2.24, 2.45) is 4.99 Å². The summed E-state index contributed by atoms with van der Waals surface area (Å²) in [4.78, 5) is 10.2. The van der Waals surface area contributed by atoms with Crippen LogP contribution in [-0.2, 0) is 0 Å². The first kappa shape index (κ1) is 12.0. The van der Waals surface area contributed by atoms with Crippen LogP contribution in [0.4, 0.5) is 0 Å². The lowest BCUT2D eigenvalue weighted by atomic mass is 9.91. The van der Waals surface area contributed by atoms with Crippen LogP contribution in [0.2, 0.25) is 0 Å². The van der Waals surface area contributed by atoms with Gasteiger partial charge in [0.25, 0.3) is 0 Å². The highest BCUT2D eigenvalue weighted by Crippen LogP contribution is 2.32. The monoisotopic (exact) mass is 289 g/mol. The Hall–Kier alpha value is -1.63. The fourth-order valence-corrected chi connectivity index (χ4v) is 4.55. The van der Waals surface area contributed by atoms with E-state index in [-0.39, 0.29) is 5.54 Å². The minimum absolute atomic E-state index is 0.144. The molecule has 4 saturated heterocycles. The molecule has 110 valence electrons. The highest BCUT2D eigenvalue weighted by Gasteiger charge is 2.57. The highest BCUT2D eigenvalue weighted by atomic mass is 16.7. The second-order valence-corrected chi connectivity index (χ2v) is 6.91. The number of fused-ring (bicyclic) bond motifs is 1. The van der Waals surface area contributed by atoms with E-state index in [2.05, 4.69) is 6.07 Å². The van der Waals surface area contributed by atoms with Crippen molar-refractivity contribution >= 4 is 6.21 Å². The fraction of sp³-hybridized carbons (Fsp3) is 0.533. The van der Waals surface area contributed by atoms with Gasteiger partial charge in [-0.25, -0.2) is 14.7 Å². The molecule has 0 amide bonds. The fourth-order valence-electron chi connectivity index (χ4n) is 4.55. The number of nitrogens with one attached hydrogen (secondary N) is 3. The van der Waals surface area contributed by atoms with E-state index in [0.29, 0.717) is 6.79 Å². The average Bonchev–Trinajstić information content (AvgIpc) is 2.91. The molecule has 0 unspecified atom stereocenters. The van der Waals surface area contributed by atoms with Crippen molar-refractivity contribution in [1.29, 1.82) is 0 Å². The molecule has 4 fully saturated rings. The maximum atomic E-state index is 5.44. The normalized spacial score (nSPS) is 39.3. The number of aliphatic imine (C=N–C) groups is 1. The van der Waals surface area contributed by atoms with Gasteiger partial charge < -0.3 is 9.47 Å². The molecule has 0 radical (unpaired) electrons. The van der Waals surface area contributed by atoms with Crippen LogP contribution >= 0.6 is 0 Å². The molecule has 3 N–H and O–H groups in total. The third kappa shape index (κ3) is 1.94. The Morgan fingerprint density at radius 2 is 1.62 bits per heavy atom. The van der Waals surface area contributed by atoms with Crippen molar-refractivity contribution in [1.82, 2.24) is 0 Å². The molecule has 6 nitrogen and oxygen atoms in total. The maximum Gasteiger partial charge on any atom is 0.231 e. The summed E-state index contributed by atoms with van der Waals surface area (Å²) in [6.45, 7) is 7.76. The number of benzene rings is 1. The second-order valence-electron chi connectivity index (χ2n) is 6.91. The topological polar surface area (TPSA) is 44.1 Å². The van der Waals surface area contributed by atoms with Gasteiger partial charge in [0, 0.05) is 6.21 Å². The molecule has 5 aliphatic rings. The van der Waals surface area contributed by atoms with Crippen LogP contribution in [-0.4, -0.2) is 58.2 Å². The minimum Gasteiger partial charge on any atom is -0.454 e. The van der Waals surface area contributed by atoms with Gasteiger partial charge in [0.2, 0.25) is 32.3 Å². The van der Waals surface area contributed by atoms with Gasteiger partial charge in [-0.1, -0.05) is 0 Å². The van der Waals surface area contributed by atoms with Crippen molar-refractivity contribution in [2.45, 2.75) is 5.54 Å². The van der Waals surface area contributed by atoms with Gasteiger partial charge in [-0.3, -0.25) is 4.99 Å². The molecule has 21 heavy (non-hydrogen) atoms. The van der Waals surface area contributed by atoms with Gasteiger partial charge in [-0.05, 0) is 23.8 Å². The Kier molecular flexibility index (Phi) is 2.39. The van der Waals surface area contributed by atoms with Crippen molar-refractivity contribution < 1.29 is 24.2 Å². The van der Waals surface area contributed by atoms with Crippen LogP contribution in [0.1, 0.15) is 5.56 Å². The summed E-state index contributed by atoms with van der Waals surface area (Å²) in [5.74, 6) is 1.67. The molecule has 5 heterocycles. The lowest BCUT2D eigenvalue weighted by Crippen LogP contribution is -3.56. The number of hydrogen-bond acceptors (Lipinski definition) is 3. The quantitative estimate of drug-likeness (QED) is 0.488. The van der Waals surface area contributed by atoms with Gasteiger partial charge in [-0.2, -0.15) is 0 Å². The summed E-state index contributed by atoms with van der Waals surface area (Å²) in [6, 6.07) is 6.06. The van der Waals surface area contributed by atoms with Gasteiger partial charge in [-0.15, -0.1) is 0 Å². The third-order valence-corrected chi connectivity index (χ3v) is 5.12. The van der Waals surface area contributed by atoms with Gasteiger partial charge in [0.15, 0.2) is 11.5 Å².